The molecular weight excluding hydrogens is 304 g/mol. The Hall–Kier alpha value is -1.31. The van der Waals surface area contributed by atoms with Crippen LogP contribution in [0.15, 0.2) is 18.2 Å². The lowest BCUT2D eigenvalue weighted by Gasteiger charge is -2.31. The Morgan fingerprint density at radius 2 is 1.86 bits per heavy atom. The normalized spacial score (nSPS) is 18.8. The molecule has 2 heterocycles. The minimum Gasteiger partial charge on any atom is -0.454 e. The average Bonchev–Trinajstić information content (AvgIpc) is 3.01. The summed E-state index contributed by atoms with van der Waals surface area (Å²) in [6.07, 6.45) is 3.00. The third-order valence-electron chi connectivity index (χ3n) is 4.12. The highest BCUT2D eigenvalue weighted by atomic mass is 32.2. The summed E-state index contributed by atoms with van der Waals surface area (Å²) in [5.41, 5.74) is 0.909. The Bertz CT molecular complexity index is 626. The maximum atomic E-state index is 12.8. The highest BCUT2D eigenvalue weighted by Gasteiger charge is 2.30. The maximum absolute atomic E-state index is 12.8. The molecule has 0 N–H and O–H groups in total. The van der Waals surface area contributed by atoms with Crippen molar-refractivity contribution in [2.75, 3.05) is 26.4 Å². The van der Waals surface area contributed by atoms with Crippen LogP contribution in [0.4, 0.5) is 0 Å². The lowest BCUT2D eigenvalue weighted by atomic mass is 10.2. The first-order valence-electron chi connectivity index (χ1n) is 7.75. The van der Waals surface area contributed by atoms with Crippen molar-refractivity contribution in [1.82, 2.24) is 8.61 Å². The van der Waals surface area contributed by atoms with E-state index in [1.54, 1.807) is 4.31 Å². The molecule has 0 spiro atoms. The van der Waals surface area contributed by atoms with Gasteiger partial charge in [0.05, 0.1) is 0 Å². The molecule has 0 bridgehead atoms. The number of piperidine rings is 1. The minimum absolute atomic E-state index is 0.225. The summed E-state index contributed by atoms with van der Waals surface area (Å²) >= 11 is 0. The first-order valence-corrected chi connectivity index (χ1v) is 9.14. The monoisotopic (exact) mass is 326 g/mol. The van der Waals surface area contributed by atoms with Crippen LogP contribution in [-0.2, 0) is 16.8 Å². The van der Waals surface area contributed by atoms with Gasteiger partial charge in [0.2, 0.25) is 6.79 Å². The second-order valence-corrected chi connectivity index (χ2v) is 7.51. The van der Waals surface area contributed by atoms with Crippen molar-refractivity contribution in [3.05, 3.63) is 23.8 Å². The molecule has 122 valence electrons. The summed E-state index contributed by atoms with van der Waals surface area (Å²) in [4.78, 5) is 0. The first-order chi connectivity index (χ1) is 10.6. The summed E-state index contributed by atoms with van der Waals surface area (Å²) in [6, 6.07) is 5.58. The number of ether oxygens (including phenoxy) is 2. The number of rotatable bonds is 5. The average molecular weight is 326 g/mol. The summed E-state index contributed by atoms with van der Waals surface area (Å²) in [5, 5.41) is 0. The SMILES string of the molecule is CCN(Cc1ccc2c(c1)OCO2)S(=O)(=O)N1CCCCC1. The van der Waals surface area contributed by atoms with Gasteiger partial charge in [0, 0.05) is 26.2 Å². The molecule has 0 atom stereocenters. The van der Waals surface area contributed by atoms with Crippen molar-refractivity contribution in [1.29, 1.82) is 0 Å². The highest BCUT2D eigenvalue weighted by molar-refractivity contribution is 7.86. The topological polar surface area (TPSA) is 59.1 Å². The summed E-state index contributed by atoms with van der Waals surface area (Å²) in [6.45, 7) is 4.15. The van der Waals surface area contributed by atoms with Crippen LogP contribution in [0.1, 0.15) is 31.7 Å². The zero-order chi connectivity index (χ0) is 15.6. The summed E-state index contributed by atoms with van der Waals surface area (Å²) < 4.78 is 39.3. The van der Waals surface area contributed by atoms with E-state index < -0.39 is 10.2 Å². The minimum atomic E-state index is -3.39. The maximum Gasteiger partial charge on any atom is 0.282 e. The molecule has 6 nitrogen and oxygen atoms in total. The summed E-state index contributed by atoms with van der Waals surface area (Å²) in [7, 11) is -3.39. The number of fused-ring (bicyclic) bond motifs is 1. The van der Waals surface area contributed by atoms with Gasteiger partial charge in [-0.1, -0.05) is 19.4 Å². The Morgan fingerprint density at radius 1 is 1.14 bits per heavy atom. The van der Waals surface area contributed by atoms with Gasteiger partial charge >= 0.3 is 0 Å². The molecule has 22 heavy (non-hydrogen) atoms. The Labute approximate surface area is 131 Å². The third kappa shape index (κ3) is 3.06. The highest BCUT2D eigenvalue weighted by Crippen LogP contribution is 2.33. The molecule has 1 saturated heterocycles. The van der Waals surface area contributed by atoms with E-state index in [0.717, 1.165) is 24.8 Å². The molecule has 7 heteroatoms. The Kier molecular flexibility index (Phi) is 4.56. The molecule has 0 radical (unpaired) electrons. The number of nitrogens with zero attached hydrogens (tertiary/aromatic N) is 2. The van der Waals surface area contributed by atoms with Gasteiger partial charge < -0.3 is 9.47 Å². The van der Waals surface area contributed by atoms with E-state index in [9.17, 15) is 8.42 Å². The van der Waals surface area contributed by atoms with Crippen LogP contribution in [0.25, 0.3) is 0 Å². The van der Waals surface area contributed by atoms with Gasteiger partial charge in [0.15, 0.2) is 11.5 Å². The molecule has 1 aromatic rings. The van der Waals surface area contributed by atoms with E-state index in [4.69, 9.17) is 9.47 Å². The fourth-order valence-electron chi connectivity index (χ4n) is 2.86. The van der Waals surface area contributed by atoms with Crippen molar-refractivity contribution in [2.24, 2.45) is 0 Å². The van der Waals surface area contributed by atoms with Gasteiger partial charge in [-0.3, -0.25) is 0 Å². The number of hydrogen-bond acceptors (Lipinski definition) is 4. The Balaban J connectivity index is 1.76. The van der Waals surface area contributed by atoms with Gasteiger partial charge in [-0.05, 0) is 30.5 Å². The van der Waals surface area contributed by atoms with Gasteiger partial charge in [-0.15, -0.1) is 0 Å². The van der Waals surface area contributed by atoms with E-state index in [1.165, 1.54) is 4.31 Å². The van der Waals surface area contributed by atoms with Crippen LogP contribution in [0.2, 0.25) is 0 Å². The van der Waals surface area contributed by atoms with Crippen molar-refractivity contribution in [2.45, 2.75) is 32.7 Å². The van der Waals surface area contributed by atoms with E-state index in [-0.39, 0.29) is 6.79 Å². The predicted octanol–water partition coefficient (Wildman–Crippen LogP) is 1.97. The van der Waals surface area contributed by atoms with Crippen molar-refractivity contribution >= 4 is 10.2 Å². The molecule has 1 aromatic carbocycles. The number of hydrogen-bond donors (Lipinski definition) is 0. The van der Waals surface area contributed by atoms with Crippen molar-refractivity contribution in [3.63, 3.8) is 0 Å². The smallest absolute Gasteiger partial charge is 0.282 e. The first kappa shape index (κ1) is 15.6. The molecule has 1 fully saturated rings. The van der Waals surface area contributed by atoms with Gasteiger partial charge in [-0.25, -0.2) is 0 Å². The molecule has 0 unspecified atom stereocenters. The molecule has 0 amide bonds. The van der Waals surface area contributed by atoms with Crippen molar-refractivity contribution < 1.29 is 17.9 Å². The number of benzene rings is 1. The lowest BCUT2D eigenvalue weighted by molar-refractivity contribution is 0.174. The van der Waals surface area contributed by atoms with E-state index in [0.29, 0.717) is 37.7 Å². The van der Waals surface area contributed by atoms with Crippen LogP contribution >= 0.6 is 0 Å². The van der Waals surface area contributed by atoms with Crippen LogP contribution in [0, 0.1) is 0 Å². The fraction of sp³-hybridized carbons (Fsp3) is 0.600. The van der Waals surface area contributed by atoms with Gasteiger partial charge in [0.1, 0.15) is 0 Å². The Morgan fingerprint density at radius 3 is 2.59 bits per heavy atom. The zero-order valence-electron chi connectivity index (χ0n) is 12.8. The third-order valence-corrected chi connectivity index (χ3v) is 6.17. The largest absolute Gasteiger partial charge is 0.454 e. The molecular formula is C15H22N2O4S. The standard InChI is InChI=1S/C15H22N2O4S/c1-2-16(22(18,19)17-8-4-3-5-9-17)11-13-6-7-14-15(10-13)21-12-20-14/h6-7,10H,2-5,8-9,11-12H2,1H3. The second kappa shape index (κ2) is 6.44. The van der Waals surface area contributed by atoms with E-state index in [1.807, 2.05) is 25.1 Å². The second-order valence-electron chi connectivity index (χ2n) is 5.58. The van der Waals surface area contributed by atoms with Crippen LogP contribution in [0.5, 0.6) is 11.5 Å². The van der Waals surface area contributed by atoms with E-state index in [2.05, 4.69) is 0 Å². The molecule has 2 aliphatic heterocycles. The zero-order valence-corrected chi connectivity index (χ0v) is 13.6. The molecule has 2 aliphatic rings. The molecule has 3 rings (SSSR count). The fourth-order valence-corrected chi connectivity index (χ4v) is 4.54. The van der Waals surface area contributed by atoms with Crippen LogP contribution < -0.4 is 9.47 Å². The molecule has 0 aromatic heterocycles. The van der Waals surface area contributed by atoms with Crippen molar-refractivity contribution in [3.8, 4) is 11.5 Å². The summed E-state index contributed by atoms with van der Waals surface area (Å²) in [5.74, 6) is 1.40. The molecule has 0 aliphatic carbocycles. The van der Waals surface area contributed by atoms with Crippen LogP contribution in [0.3, 0.4) is 0 Å². The van der Waals surface area contributed by atoms with E-state index >= 15 is 0 Å². The van der Waals surface area contributed by atoms with Gasteiger partial charge in [-0.2, -0.15) is 17.0 Å². The predicted molar refractivity (Wildman–Crippen MR) is 83.0 cm³/mol. The quantitative estimate of drug-likeness (QED) is 0.830. The van der Waals surface area contributed by atoms with Gasteiger partial charge in [0.25, 0.3) is 10.2 Å². The van der Waals surface area contributed by atoms with Crippen LogP contribution in [-0.4, -0.2) is 43.5 Å². The molecule has 0 saturated carbocycles. The lowest BCUT2D eigenvalue weighted by Crippen LogP contribution is -2.45.